The summed E-state index contributed by atoms with van der Waals surface area (Å²) in [6, 6.07) is -0.355. The van der Waals surface area contributed by atoms with E-state index in [9.17, 15) is 23.1 Å². The lowest BCUT2D eigenvalue weighted by Crippen LogP contribution is -2.51. The van der Waals surface area contributed by atoms with Crippen LogP contribution in [0.15, 0.2) is 0 Å². The van der Waals surface area contributed by atoms with Crippen molar-refractivity contribution in [2.24, 2.45) is 5.73 Å². The fraction of sp³-hybridized carbons (Fsp3) is 0.889. The summed E-state index contributed by atoms with van der Waals surface area (Å²) in [6.45, 7) is 1.34. The van der Waals surface area contributed by atoms with Gasteiger partial charge in [-0.2, -0.15) is 13.2 Å². The van der Waals surface area contributed by atoms with Gasteiger partial charge in [0.15, 0.2) is 0 Å². The molecule has 1 rings (SSSR count). The fourth-order valence-electron chi connectivity index (χ4n) is 1.66. The van der Waals surface area contributed by atoms with E-state index < -0.39 is 23.9 Å². The SMILES string of the molecule is CC1(O)CCC(N)CC1OC(=O)C(F)(F)F. The van der Waals surface area contributed by atoms with Gasteiger partial charge in [0.1, 0.15) is 6.10 Å². The highest BCUT2D eigenvalue weighted by Crippen LogP contribution is 2.31. The lowest BCUT2D eigenvalue weighted by molar-refractivity contribution is -0.218. The Morgan fingerprint density at radius 1 is 1.56 bits per heavy atom. The van der Waals surface area contributed by atoms with Gasteiger partial charge in [0.2, 0.25) is 0 Å². The molecule has 0 aromatic rings. The molecule has 4 nitrogen and oxygen atoms in total. The van der Waals surface area contributed by atoms with Gasteiger partial charge in [0.05, 0.1) is 5.60 Å². The minimum absolute atomic E-state index is 0.0365. The Balaban J connectivity index is 2.67. The smallest absolute Gasteiger partial charge is 0.453 e. The van der Waals surface area contributed by atoms with Crippen molar-refractivity contribution in [1.82, 2.24) is 0 Å². The molecule has 3 unspecified atom stereocenters. The molecule has 1 fully saturated rings. The number of alkyl halides is 3. The van der Waals surface area contributed by atoms with Crippen molar-refractivity contribution in [2.75, 3.05) is 0 Å². The molecule has 0 aliphatic heterocycles. The van der Waals surface area contributed by atoms with Gasteiger partial charge in [-0.3, -0.25) is 0 Å². The van der Waals surface area contributed by atoms with Crippen LogP contribution in [-0.2, 0) is 9.53 Å². The number of ether oxygens (including phenoxy) is 1. The molecule has 0 bridgehead atoms. The number of aliphatic hydroxyl groups is 1. The molecule has 0 radical (unpaired) electrons. The van der Waals surface area contributed by atoms with Gasteiger partial charge in [0.25, 0.3) is 0 Å². The Labute approximate surface area is 90.6 Å². The lowest BCUT2D eigenvalue weighted by Gasteiger charge is -2.38. The van der Waals surface area contributed by atoms with E-state index in [-0.39, 0.29) is 18.9 Å². The second-order valence-corrected chi connectivity index (χ2v) is 4.28. The van der Waals surface area contributed by atoms with E-state index in [1.807, 2.05) is 0 Å². The number of esters is 1. The molecular formula is C9H14F3NO3. The van der Waals surface area contributed by atoms with Crippen LogP contribution in [0.25, 0.3) is 0 Å². The Morgan fingerprint density at radius 3 is 2.62 bits per heavy atom. The van der Waals surface area contributed by atoms with E-state index in [1.165, 1.54) is 6.92 Å². The van der Waals surface area contributed by atoms with E-state index in [4.69, 9.17) is 5.73 Å². The summed E-state index contributed by atoms with van der Waals surface area (Å²) in [5, 5.41) is 9.77. The fourth-order valence-corrected chi connectivity index (χ4v) is 1.66. The predicted molar refractivity (Wildman–Crippen MR) is 48.4 cm³/mol. The van der Waals surface area contributed by atoms with Gasteiger partial charge >= 0.3 is 12.1 Å². The Morgan fingerprint density at radius 2 is 2.12 bits per heavy atom. The molecule has 3 atom stereocenters. The van der Waals surface area contributed by atoms with Crippen LogP contribution in [0.5, 0.6) is 0 Å². The first kappa shape index (κ1) is 13.2. The molecule has 0 saturated heterocycles. The number of hydrogen-bond donors (Lipinski definition) is 2. The molecular weight excluding hydrogens is 227 g/mol. The van der Waals surface area contributed by atoms with Crippen molar-refractivity contribution in [1.29, 1.82) is 0 Å². The number of nitrogens with two attached hydrogens (primary N) is 1. The predicted octanol–water partition coefficient (Wildman–Crippen LogP) is 0.723. The molecule has 16 heavy (non-hydrogen) atoms. The molecule has 0 aromatic heterocycles. The van der Waals surface area contributed by atoms with E-state index in [1.54, 1.807) is 0 Å². The Hall–Kier alpha value is -0.820. The zero-order chi connectivity index (χ0) is 12.6. The molecule has 1 aliphatic rings. The van der Waals surface area contributed by atoms with Crippen LogP contribution in [-0.4, -0.2) is 35.0 Å². The van der Waals surface area contributed by atoms with Crippen molar-refractivity contribution < 1.29 is 27.8 Å². The Kier molecular flexibility index (Phi) is 3.49. The third-order valence-corrected chi connectivity index (χ3v) is 2.71. The van der Waals surface area contributed by atoms with Crippen molar-refractivity contribution >= 4 is 5.97 Å². The summed E-state index contributed by atoms with van der Waals surface area (Å²) >= 11 is 0. The van der Waals surface area contributed by atoms with Crippen LogP contribution >= 0.6 is 0 Å². The summed E-state index contributed by atoms with van der Waals surface area (Å²) in [5.74, 6) is -2.29. The van der Waals surface area contributed by atoms with Crippen molar-refractivity contribution in [2.45, 2.75) is 50.1 Å². The number of halogens is 3. The number of carbonyl (C=O) groups excluding carboxylic acids is 1. The van der Waals surface area contributed by atoms with Gasteiger partial charge in [-0.05, 0) is 19.8 Å². The normalized spacial score (nSPS) is 35.9. The van der Waals surface area contributed by atoms with Gasteiger partial charge < -0.3 is 15.6 Å². The molecule has 1 saturated carbocycles. The third-order valence-electron chi connectivity index (χ3n) is 2.71. The third kappa shape index (κ3) is 3.08. The molecule has 3 N–H and O–H groups in total. The first-order valence-corrected chi connectivity index (χ1v) is 4.88. The average Bonchev–Trinajstić information content (AvgIpc) is 2.10. The van der Waals surface area contributed by atoms with Gasteiger partial charge in [-0.1, -0.05) is 0 Å². The largest absolute Gasteiger partial charge is 0.490 e. The zero-order valence-electron chi connectivity index (χ0n) is 8.75. The minimum Gasteiger partial charge on any atom is -0.453 e. The summed E-state index contributed by atoms with van der Waals surface area (Å²) in [5.41, 5.74) is 4.10. The van der Waals surface area contributed by atoms with E-state index in [0.29, 0.717) is 6.42 Å². The average molecular weight is 241 g/mol. The molecule has 0 amide bonds. The second kappa shape index (κ2) is 4.21. The van der Waals surface area contributed by atoms with Crippen molar-refractivity contribution in [3.05, 3.63) is 0 Å². The maximum atomic E-state index is 12.0. The summed E-state index contributed by atoms with van der Waals surface area (Å²) in [6.07, 6.45) is -5.51. The number of carbonyl (C=O) groups is 1. The molecule has 7 heteroatoms. The van der Waals surface area contributed by atoms with E-state index in [0.717, 1.165) is 0 Å². The molecule has 0 aromatic carbocycles. The quantitative estimate of drug-likeness (QED) is 0.663. The summed E-state index contributed by atoms with van der Waals surface area (Å²) in [7, 11) is 0. The van der Waals surface area contributed by atoms with Gasteiger partial charge in [-0.15, -0.1) is 0 Å². The van der Waals surface area contributed by atoms with Gasteiger partial charge in [0, 0.05) is 12.5 Å². The van der Waals surface area contributed by atoms with Crippen LogP contribution in [0.4, 0.5) is 13.2 Å². The van der Waals surface area contributed by atoms with Crippen molar-refractivity contribution in [3.63, 3.8) is 0 Å². The number of hydrogen-bond acceptors (Lipinski definition) is 4. The molecule has 1 aliphatic carbocycles. The topological polar surface area (TPSA) is 72.6 Å². The highest BCUT2D eigenvalue weighted by Gasteiger charge is 2.47. The lowest BCUT2D eigenvalue weighted by atomic mass is 9.81. The maximum absolute atomic E-state index is 12.0. The zero-order valence-corrected chi connectivity index (χ0v) is 8.75. The van der Waals surface area contributed by atoms with Crippen LogP contribution in [0, 0.1) is 0 Å². The monoisotopic (exact) mass is 241 g/mol. The summed E-state index contributed by atoms with van der Waals surface area (Å²) < 4.78 is 40.1. The first-order chi connectivity index (χ1) is 7.13. The molecule has 0 heterocycles. The van der Waals surface area contributed by atoms with Crippen LogP contribution < -0.4 is 5.73 Å². The number of rotatable bonds is 1. The second-order valence-electron chi connectivity index (χ2n) is 4.28. The maximum Gasteiger partial charge on any atom is 0.490 e. The molecule has 0 spiro atoms. The molecule has 94 valence electrons. The van der Waals surface area contributed by atoms with Gasteiger partial charge in [-0.25, -0.2) is 4.79 Å². The van der Waals surface area contributed by atoms with E-state index in [2.05, 4.69) is 4.74 Å². The van der Waals surface area contributed by atoms with Crippen LogP contribution in [0.1, 0.15) is 26.2 Å². The highest BCUT2D eigenvalue weighted by atomic mass is 19.4. The highest BCUT2D eigenvalue weighted by molar-refractivity contribution is 5.75. The van der Waals surface area contributed by atoms with E-state index >= 15 is 0 Å². The first-order valence-electron chi connectivity index (χ1n) is 4.88. The standard InChI is InChI=1S/C9H14F3NO3/c1-8(15)3-2-5(13)4-6(8)16-7(14)9(10,11)12/h5-6,15H,2-4,13H2,1H3. The van der Waals surface area contributed by atoms with Crippen LogP contribution in [0.2, 0.25) is 0 Å². The van der Waals surface area contributed by atoms with Crippen molar-refractivity contribution in [3.8, 4) is 0 Å². The minimum atomic E-state index is -5.04. The summed E-state index contributed by atoms with van der Waals surface area (Å²) in [4.78, 5) is 10.6. The Bertz CT molecular complexity index is 278. The van der Waals surface area contributed by atoms with Crippen LogP contribution in [0.3, 0.4) is 0 Å².